The van der Waals surface area contributed by atoms with E-state index in [0.29, 0.717) is 0 Å². The van der Waals surface area contributed by atoms with Crippen LogP contribution in [0.15, 0.2) is 60.7 Å². The summed E-state index contributed by atoms with van der Waals surface area (Å²) in [5, 5.41) is 31.1. The van der Waals surface area contributed by atoms with Crippen molar-refractivity contribution in [1.29, 1.82) is 0 Å². The van der Waals surface area contributed by atoms with Crippen LogP contribution < -0.4 is 0 Å². The van der Waals surface area contributed by atoms with Crippen molar-refractivity contribution in [1.82, 2.24) is 0 Å². The number of aliphatic hydroxyl groups excluding tert-OH is 4. The van der Waals surface area contributed by atoms with Crippen molar-refractivity contribution in [2.45, 2.75) is 13.2 Å². The van der Waals surface area contributed by atoms with Gasteiger partial charge in [-0.05, 0) is 11.1 Å². The first kappa shape index (κ1) is 25.1. The largest absolute Gasteiger partial charge is 0.400 e. The molecule has 4 N–H and O–H groups in total. The molecule has 2 rings (SSSR count). The van der Waals surface area contributed by atoms with Gasteiger partial charge >= 0.3 is 0 Å². The van der Waals surface area contributed by atoms with Crippen LogP contribution in [-0.4, -0.2) is 34.6 Å². The third-order valence-electron chi connectivity index (χ3n) is 2.05. The van der Waals surface area contributed by atoms with E-state index in [1.165, 1.54) is 0 Å². The van der Waals surface area contributed by atoms with Crippen molar-refractivity contribution in [3.05, 3.63) is 71.8 Å². The maximum Gasteiger partial charge on any atom is 0.0681 e. The third-order valence-corrected chi connectivity index (χ3v) is 2.05. The van der Waals surface area contributed by atoms with Crippen molar-refractivity contribution in [2.24, 2.45) is 0 Å². The monoisotopic (exact) mass is 460 g/mol. The van der Waals surface area contributed by atoms with Gasteiger partial charge in [-0.15, -0.1) is 0 Å². The Balaban J connectivity index is -0.000000240. The maximum atomic E-state index is 8.54. The normalized spacial score (nSPS) is 7.52. The Morgan fingerprint density at radius 3 is 0.952 bits per heavy atom. The minimum atomic E-state index is 0. The Morgan fingerprint density at radius 1 is 0.571 bits per heavy atom. The van der Waals surface area contributed by atoms with E-state index in [1.807, 2.05) is 60.7 Å². The predicted octanol–water partition coefficient (Wildman–Crippen LogP) is 1.57. The van der Waals surface area contributed by atoms with Crippen LogP contribution in [0.4, 0.5) is 0 Å². The number of hydrogen-bond donors (Lipinski definition) is 4. The molecule has 5 heteroatoms. The van der Waals surface area contributed by atoms with Crippen molar-refractivity contribution in [2.75, 3.05) is 14.2 Å². The van der Waals surface area contributed by atoms with Gasteiger partial charge in [0.15, 0.2) is 0 Å². The molecule has 0 fully saturated rings. The molecule has 4 nitrogen and oxygen atoms in total. The number of benzene rings is 2. The molecule has 116 valence electrons. The Hall–Kier alpha value is -0.850. The Kier molecular flexibility index (Phi) is 25.7. The fraction of sp³-hybridized carbons (Fsp3) is 0.250. The molecular weight excluding hydrogens is 435 g/mol. The van der Waals surface area contributed by atoms with Gasteiger partial charge < -0.3 is 20.4 Å². The fourth-order valence-corrected chi connectivity index (χ4v) is 1.17. The van der Waals surface area contributed by atoms with E-state index < -0.39 is 0 Å². The number of hydrogen-bond acceptors (Lipinski definition) is 4. The van der Waals surface area contributed by atoms with E-state index in [1.54, 1.807) is 0 Å². The second kappa shape index (κ2) is 21.4. The molecule has 0 spiro atoms. The zero-order chi connectivity index (χ0) is 15.6. The van der Waals surface area contributed by atoms with Gasteiger partial charge in [-0.25, -0.2) is 0 Å². The zero-order valence-electron chi connectivity index (χ0n) is 12.5. The fourth-order valence-electron chi connectivity index (χ4n) is 1.17. The van der Waals surface area contributed by atoms with Gasteiger partial charge in [-0.1, -0.05) is 60.7 Å². The van der Waals surface area contributed by atoms with Gasteiger partial charge in [0.05, 0.1) is 13.2 Å². The van der Waals surface area contributed by atoms with Crippen LogP contribution in [0, 0.1) is 0 Å². The summed E-state index contributed by atoms with van der Waals surface area (Å²) >= 11 is 0. The summed E-state index contributed by atoms with van der Waals surface area (Å²) in [6, 6.07) is 19.0. The Labute approximate surface area is 145 Å². The predicted molar refractivity (Wildman–Crippen MR) is 81.0 cm³/mol. The smallest absolute Gasteiger partial charge is 0.0681 e. The van der Waals surface area contributed by atoms with Crippen LogP contribution in [-0.2, 0) is 39.1 Å². The Morgan fingerprint density at radius 2 is 0.810 bits per heavy atom. The average molecular weight is 459 g/mol. The second-order valence-electron chi connectivity index (χ2n) is 3.29. The molecule has 21 heavy (non-hydrogen) atoms. The summed E-state index contributed by atoms with van der Waals surface area (Å²) < 4.78 is 0. The molecular formula is C16H24HfO4. The zero-order valence-corrected chi connectivity index (χ0v) is 16.1. The van der Waals surface area contributed by atoms with Crippen LogP contribution in [0.25, 0.3) is 0 Å². The van der Waals surface area contributed by atoms with Crippen molar-refractivity contribution in [3.63, 3.8) is 0 Å². The molecule has 0 aliphatic heterocycles. The molecule has 0 atom stereocenters. The van der Waals surface area contributed by atoms with Crippen LogP contribution in [0.5, 0.6) is 0 Å². The minimum Gasteiger partial charge on any atom is -0.400 e. The summed E-state index contributed by atoms with van der Waals surface area (Å²) in [6.07, 6.45) is 0. The van der Waals surface area contributed by atoms with E-state index in [4.69, 9.17) is 20.4 Å². The van der Waals surface area contributed by atoms with E-state index in [-0.39, 0.29) is 39.1 Å². The Bertz CT molecular complexity index is 343. The summed E-state index contributed by atoms with van der Waals surface area (Å²) in [7, 11) is 2.00. The molecule has 2 aromatic rings. The molecule has 0 heterocycles. The van der Waals surface area contributed by atoms with Crippen LogP contribution in [0.3, 0.4) is 0 Å². The van der Waals surface area contributed by atoms with Gasteiger partial charge in [0.25, 0.3) is 0 Å². The number of rotatable bonds is 2. The molecule has 0 amide bonds. The topological polar surface area (TPSA) is 80.9 Å². The van der Waals surface area contributed by atoms with Crippen LogP contribution in [0.2, 0.25) is 0 Å². The van der Waals surface area contributed by atoms with Crippen LogP contribution >= 0.6 is 0 Å². The van der Waals surface area contributed by atoms with Crippen molar-refractivity contribution < 1.29 is 46.3 Å². The van der Waals surface area contributed by atoms with E-state index in [9.17, 15) is 0 Å². The van der Waals surface area contributed by atoms with Crippen LogP contribution in [0.1, 0.15) is 11.1 Å². The average Bonchev–Trinajstić information content (AvgIpc) is 2.60. The maximum absolute atomic E-state index is 8.54. The quantitative estimate of drug-likeness (QED) is 0.515. The van der Waals surface area contributed by atoms with Crippen molar-refractivity contribution >= 4 is 0 Å². The first-order valence-corrected chi connectivity index (χ1v) is 6.06. The molecule has 0 saturated heterocycles. The number of aliphatic hydroxyl groups is 4. The summed E-state index contributed by atoms with van der Waals surface area (Å²) in [6.45, 7) is 0.279. The SMILES string of the molecule is CO.CO.OCc1ccccc1.OCc1ccccc1.[Hf]. The molecule has 0 aromatic heterocycles. The minimum absolute atomic E-state index is 0. The summed E-state index contributed by atoms with van der Waals surface area (Å²) in [5.74, 6) is 0. The molecule has 0 aliphatic carbocycles. The second-order valence-corrected chi connectivity index (χ2v) is 3.29. The molecule has 0 bridgehead atoms. The van der Waals surface area contributed by atoms with E-state index >= 15 is 0 Å². The standard InChI is InChI=1S/2C7H8O.2CH4O.Hf/c2*8-6-7-4-2-1-3-5-7;2*1-2;/h2*1-5,8H,6H2;2*2H,1H3;. The molecule has 0 aliphatic rings. The summed E-state index contributed by atoms with van der Waals surface area (Å²) in [5.41, 5.74) is 1.93. The third kappa shape index (κ3) is 15.4. The van der Waals surface area contributed by atoms with Gasteiger partial charge in [-0.3, -0.25) is 0 Å². The van der Waals surface area contributed by atoms with Gasteiger partial charge in [0, 0.05) is 40.1 Å². The van der Waals surface area contributed by atoms with Gasteiger partial charge in [-0.2, -0.15) is 0 Å². The van der Waals surface area contributed by atoms with E-state index in [2.05, 4.69) is 0 Å². The summed E-state index contributed by atoms with van der Waals surface area (Å²) in [4.78, 5) is 0. The van der Waals surface area contributed by atoms with Gasteiger partial charge in [0.2, 0.25) is 0 Å². The molecule has 0 saturated carbocycles. The first-order chi connectivity index (χ1) is 9.86. The molecule has 0 unspecified atom stereocenters. The van der Waals surface area contributed by atoms with Gasteiger partial charge in [0.1, 0.15) is 0 Å². The molecule has 2 aromatic carbocycles. The van der Waals surface area contributed by atoms with E-state index in [0.717, 1.165) is 25.3 Å². The van der Waals surface area contributed by atoms with Crippen molar-refractivity contribution in [3.8, 4) is 0 Å². The first-order valence-electron chi connectivity index (χ1n) is 6.06. The molecule has 0 radical (unpaired) electrons.